The molecule has 4 heterocycles. The highest BCUT2D eigenvalue weighted by Gasteiger charge is 2.16. The van der Waals surface area contributed by atoms with Crippen molar-refractivity contribution in [3.63, 3.8) is 0 Å². The van der Waals surface area contributed by atoms with Crippen LogP contribution in [0, 0.1) is 6.92 Å². The maximum Gasteiger partial charge on any atom is 0.194 e. The van der Waals surface area contributed by atoms with Gasteiger partial charge in [-0.3, -0.25) is 4.40 Å². The van der Waals surface area contributed by atoms with E-state index in [-0.39, 0.29) is 0 Å². The summed E-state index contributed by atoms with van der Waals surface area (Å²) < 4.78 is 4.45. The van der Waals surface area contributed by atoms with Gasteiger partial charge in [-0.05, 0) is 58.2 Å². The van der Waals surface area contributed by atoms with E-state index in [1.54, 1.807) is 11.3 Å². The molecular formula is C30H26N8S. The number of imidazole rings is 2. The SMILES string of the molecule is CCCc1nc2c(C)cc(-c3cn4ccsc4n3)cc2n1Cc1ccc(-c2ccccc2-c2nnn[nH]2)cc1. The number of fused-ring (bicyclic) bond motifs is 2. The van der Waals surface area contributed by atoms with Crippen molar-refractivity contribution in [1.82, 2.24) is 39.6 Å². The van der Waals surface area contributed by atoms with Crippen LogP contribution in [0.4, 0.5) is 0 Å². The molecule has 0 radical (unpaired) electrons. The first-order chi connectivity index (χ1) is 19.2. The zero-order valence-electron chi connectivity index (χ0n) is 21.7. The van der Waals surface area contributed by atoms with Crippen molar-refractivity contribution >= 4 is 27.3 Å². The van der Waals surface area contributed by atoms with Crippen molar-refractivity contribution in [2.45, 2.75) is 33.2 Å². The number of hydrogen-bond donors (Lipinski definition) is 1. The molecule has 0 aliphatic heterocycles. The first kappa shape index (κ1) is 23.5. The van der Waals surface area contributed by atoms with Crippen LogP contribution in [0.15, 0.2) is 78.4 Å². The fourth-order valence-electron chi connectivity index (χ4n) is 5.23. The van der Waals surface area contributed by atoms with Crippen LogP contribution in [0.1, 0.15) is 30.3 Å². The molecule has 192 valence electrons. The van der Waals surface area contributed by atoms with Gasteiger partial charge in [-0.1, -0.05) is 55.5 Å². The van der Waals surface area contributed by atoms with Crippen LogP contribution in [-0.4, -0.2) is 39.6 Å². The largest absolute Gasteiger partial charge is 0.323 e. The Hall–Kier alpha value is -4.63. The van der Waals surface area contributed by atoms with E-state index in [0.717, 1.165) is 69.2 Å². The fraction of sp³-hybridized carbons (Fsp3) is 0.167. The Morgan fingerprint density at radius 1 is 0.949 bits per heavy atom. The Balaban J connectivity index is 1.27. The molecule has 4 aromatic heterocycles. The van der Waals surface area contributed by atoms with Crippen molar-refractivity contribution in [3.05, 3.63) is 95.4 Å². The minimum Gasteiger partial charge on any atom is -0.323 e. The molecule has 3 aromatic carbocycles. The molecular weight excluding hydrogens is 504 g/mol. The fourth-order valence-corrected chi connectivity index (χ4v) is 5.93. The highest BCUT2D eigenvalue weighted by atomic mass is 32.1. The van der Waals surface area contributed by atoms with Crippen LogP contribution in [0.5, 0.6) is 0 Å². The summed E-state index contributed by atoms with van der Waals surface area (Å²) in [4.78, 5) is 10.9. The number of aryl methyl sites for hydroxylation is 2. The summed E-state index contributed by atoms with van der Waals surface area (Å²) in [5, 5.41) is 16.5. The van der Waals surface area contributed by atoms with E-state index < -0.39 is 0 Å². The average molecular weight is 531 g/mol. The quantitative estimate of drug-likeness (QED) is 0.252. The summed E-state index contributed by atoms with van der Waals surface area (Å²) >= 11 is 1.65. The number of hydrogen-bond acceptors (Lipinski definition) is 6. The molecule has 0 aliphatic carbocycles. The van der Waals surface area contributed by atoms with Crippen LogP contribution >= 0.6 is 11.3 Å². The number of aromatic amines is 1. The third-order valence-corrected chi connectivity index (χ3v) is 7.89. The number of tetrazole rings is 1. The van der Waals surface area contributed by atoms with Gasteiger partial charge in [-0.15, -0.1) is 16.4 Å². The van der Waals surface area contributed by atoms with Crippen LogP contribution in [-0.2, 0) is 13.0 Å². The van der Waals surface area contributed by atoms with Gasteiger partial charge in [0.2, 0.25) is 0 Å². The number of nitrogens with one attached hydrogen (secondary N) is 1. The molecule has 0 amide bonds. The molecule has 9 heteroatoms. The van der Waals surface area contributed by atoms with Gasteiger partial charge in [-0.2, -0.15) is 0 Å². The summed E-state index contributed by atoms with van der Waals surface area (Å²) in [6.45, 7) is 5.10. The Morgan fingerprint density at radius 3 is 2.56 bits per heavy atom. The maximum atomic E-state index is 5.09. The minimum absolute atomic E-state index is 0.660. The molecule has 0 saturated heterocycles. The van der Waals surface area contributed by atoms with Crippen LogP contribution in [0.2, 0.25) is 0 Å². The van der Waals surface area contributed by atoms with Gasteiger partial charge in [0, 0.05) is 41.9 Å². The summed E-state index contributed by atoms with van der Waals surface area (Å²) in [6, 6.07) is 21.4. The second-order valence-corrected chi connectivity index (χ2v) is 10.6. The number of rotatable bonds is 7. The van der Waals surface area contributed by atoms with Crippen LogP contribution < -0.4 is 0 Å². The smallest absolute Gasteiger partial charge is 0.194 e. The number of nitrogens with zero attached hydrogens (tertiary/aromatic N) is 7. The van der Waals surface area contributed by atoms with Crippen molar-refractivity contribution in [1.29, 1.82) is 0 Å². The molecule has 0 spiro atoms. The molecule has 0 unspecified atom stereocenters. The predicted octanol–water partition coefficient (Wildman–Crippen LogP) is 6.57. The van der Waals surface area contributed by atoms with E-state index in [4.69, 9.17) is 9.97 Å². The number of aromatic nitrogens is 8. The second kappa shape index (κ2) is 9.59. The van der Waals surface area contributed by atoms with E-state index in [9.17, 15) is 0 Å². The van der Waals surface area contributed by atoms with E-state index >= 15 is 0 Å². The van der Waals surface area contributed by atoms with Gasteiger partial charge in [0.05, 0.1) is 16.7 Å². The van der Waals surface area contributed by atoms with Crippen molar-refractivity contribution in [2.24, 2.45) is 0 Å². The molecule has 7 aromatic rings. The summed E-state index contributed by atoms with van der Waals surface area (Å²) in [5.74, 6) is 1.78. The number of thiazole rings is 1. The molecule has 1 N–H and O–H groups in total. The summed E-state index contributed by atoms with van der Waals surface area (Å²) in [7, 11) is 0. The topological polar surface area (TPSA) is 89.6 Å². The molecule has 8 nitrogen and oxygen atoms in total. The zero-order chi connectivity index (χ0) is 26.3. The lowest BCUT2D eigenvalue weighted by atomic mass is 9.98. The normalized spacial score (nSPS) is 11.6. The summed E-state index contributed by atoms with van der Waals surface area (Å²) in [5.41, 5.74) is 9.89. The Labute approximate surface area is 229 Å². The predicted molar refractivity (Wildman–Crippen MR) is 155 cm³/mol. The lowest BCUT2D eigenvalue weighted by Crippen LogP contribution is -2.05. The lowest BCUT2D eigenvalue weighted by molar-refractivity contribution is 0.722. The molecule has 39 heavy (non-hydrogen) atoms. The average Bonchev–Trinajstić information content (AvgIpc) is 3.75. The zero-order valence-corrected chi connectivity index (χ0v) is 22.5. The van der Waals surface area contributed by atoms with E-state index in [2.05, 4.69) is 104 Å². The lowest BCUT2D eigenvalue weighted by Gasteiger charge is -2.12. The molecule has 0 fully saturated rings. The number of benzene rings is 3. The van der Waals surface area contributed by atoms with E-state index in [1.165, 1.54) is 11.1 Å². The second-order valence-electron chi connectivity index (χ2n) is 9.74. The molecule has 0 aliphatic rings. The third-order valence-electron chi connectivity index (χ3n) is 7.12. The molecule has 0 saturated carbocycles. The van der Waals surface area contributed by atoms with Gasteiger partial charge in [0.25, 0.3) is 0 Å². The maximum absolute atomic E-state index is 5.09. The standard InChI is InChI=1S/C30H26N8S/c1-3-6-27-32-28-19(2)15-22(25-18-37-13-14-39-30(37)31-25)16-26(28)38(27)17-20-9-11-21(12-10-20)23-7-4-5-8-24(23)29-33-35-36-34-29/h4-5,7-16,18H,3,6,17H2,1-2H3,(H,33,34,35,36). The molecule has 7 rings (SSSR count). The first-order valence-electron chi connectivity index (χ1n) is 13.0. The van der Waals surface area contributed by atoms with Crippen molar-refractivity contribution in [3.8, 4) is 33.8 Å². The first-order valence-corrected chi connectivity index (χ1v) is 13.9. The van der Waals surface area contributed by atoms with Gasteiger partial charge >= 0.3 is 0 Å². The number of H-pyrrole nitrogens is 1. The van der Waals surface area contributed by atoms with E-state index in [0.29, 0.717) is 5.82 Å². The van der Waals surface area contributed by atoms with Gasteiger partial charge < -0.3 is 4.57 Å². The van der Waals surface area contributed by atoms with Gasteiger partial charge in [0.1, 0.15) is 5.82 Å². The van der Waals surface area contributed by atoms with Crippen LogP contribution in [0.25, 0.3) is 49.8 Å². The monoisotopic (exact) mass is 530 g/mol. The Morgan fingerprint density at radius 2 is 1.79 bits per heavy atom. The van der Waals surface area contributed by atoms with E-state index in [1.807, 2.05) is 18.2 Å². The van der Waals surface area contributed by atoms with Crippen molar-refractivity contribution in [2.75, 3.05) is 0 Å². The molecule has 0 bridgehead atoms. The van der Waals surface area contributed by atoms with Crippen molar-refractivity contribution < 1.29 is 0 Å². The highest BCUT2D eigenvalue weighted by Crippen LogP contribution is 2.32. The molecule has 0 atom stereocenters. The Kier molecular flexibility index (Phi) is 5.78. The third kappa shape index (κ3) is 4.21. The van der Waals surface area contributed by atoms with Gasteiger partial charge in [0.15, 0.2) is 10.8 Å². The van der Waals surface area contributed by atoms with Gasteiger partial charge in [-0.25, -0.2) is 15.1 Å². The Bertz CT molecular complexity index is 1880. The summed E-state index contributed by atoms with van der Waals surface area (Å²) in [6.07, 6.45) is 6.13. The highest BCUT2D eigenvalue weighted by molar-refractivity contribution is 7.15. The minimum atomic E-state index is 0.660. The van der Waals surface area contributed by atoms with Crippen LogP contribution in [0.3, 0.4) is 0 Å².